The number of anilines is 1. The van der Waals surface area contributed by atoms with Gasteiger partial charge in [-0.1, -0.05) is 41.6 Å². The van der Waals surface area contributed by atoms with E-state index in [0.717, 1.165) is 36.3 Å². The van der Waals surface area contributed by atoms with Crippen LogP contribution < -0.4 is 10.9 Å². The Morgan fingerprint density at radius 1 is 1.25 bits per heavy atom. The molecule has 2 aromatic carbocycles. The fraction of sp³-hybridized carbons (Fsp3) is 0.400. The average molecular weight is 452 g/mol. The summed E-state index contributed by atoms with van der Waals surface area (Å²) in [4.78, 5) is 31.0. The van der Waals surface area contributed by atoms with Crippen molar-refractivity contribution in [3.63, 3.8) is 0 Å². The molecule has 0 bridgehead atoms. The van der Waals surface area contributed by atoms with E-state index in [4.69, 9.17) is 9.72 Å². The van der Waals surface area contributed by atoms with Gasteiger partial charge in [0.1, 0.15) is 0 Å². The highest BCUT2D eigenvalue weighted by molar-refractivity contribution is 8.00. The summed E-state index contributed by atoms with van der Waals surface area (Å²) in [5, 5.41) is 3.77. The largest absolute Gasteiger partial charge is 0.376 e. The first-order chi connectivity index (χ1) is 15.3. The molecule has 1 fully saturated rings. The van der Waals surface area contributed by atoms with Gasteiger partial charge >= 0.3 is 0 Å². The van der Waals surface area contributed by atoms with Crippen molar-refractivity contribution in [2.45, 2.75) is 63.6 Å². The van der Waals surface area contributed by atoms with Crippen molar-refractivity contribution < 1.29 is 9.53 Å². The van der Waals surface area contributed by atoms with E-state index in [1.54, 1.807) is 10.6 Å². The standard InChI is InChI=1S/C25H29N3O3S/c1-15-12-16(2)22(17(3)13-15)27-23(29)18(4)32-25-26-21-10-6-5-9-20(21)24(30)28(25)14-19-8-7-11-31-19/h5-6,9-10,12-13,18-19H,7-8,11,14H2,1-4H3,(H,27,29). The summed E-state index contributed by atoms with van der Waals surface area (Å²) in [7, 11) is 0. The Bertz CT molecular complexity index is 1190. The van der Waals surface area contributed by atoms with Crippen molar-refractivity contribution in [1.82, 2.24) is 9.55 Å². The number of rotatable bonds is 6. The molecule has 2 unspecified atom stereocenters. The molecule has 168 valence electrons. The highest BCUT2D eigenvalue weighted by Gasteiger charge is 2.23. The first kappa shape index (κ1) is 22.6. The number of aryl methyl sites for hydroxylation is 3. The summed E-state index contributed by atoms with van der Waals surface area (Å²) >= 11 is 1.31. The van der Waals surface area contributed by atoms with Crippen LogP contribution in [0.25, 0.3) is 10.9 Å². The highest BCUT2D eigenvalue weighted by Crippen LogP contribution is 2.27. The summed E-state index contributed by atoms with van der Waals surface area (Å²) in [6, 6.07) is 11.5. The molecule has 0 radical (unpaired) electrons. The van der Waals surface area contributed by atoms with E-state index in [1.165, 1.54) is 17.3 Å². The van der Waals surface area contributed by atoms with Crippen molar-refractivity contribution in [3.8, 4) is 0 Å². The third kappa shape index (κ3) is 4.74. The normalized spacial score (nSPS) is 16.9. The number of hydrogen-bond donors (Lipinski definition) is 1. The highest BCUT2D eigenvalue weighted by atomic mass is 32.2. The lowest BCUT2D eigenvalue weighted by Crippen LogP contribution is -2.30. The molecular weight excluding hydrogens is 422 g/mol. The third-order valence-electron chi connectivity index (χ3n) is 5.81. The molecule has 1 saturated heterocycles. The molecule has 2 heterocycles. The van der Waals surface area contributed by atoms with Crippen LogP contribution in [0.2, 0.25) is 0 Å². The topological polar surface area (TPSA) is 73.2 Å². The van der Waals surface area contributed by atoms with Gasteiger partial charge < -0.3 is 10.1 Å². The number of thioether (sulfide) groups is 1. The number of aromatic nitrogens is 2. The van der Waals surface area contributed by atoms with Crippen LogP contribution in [0.4, 0.5) is 5.69 Å². The second kappa shape index (κ2) is 9.46. The molecule has 0 saturated carbocycles. The van der Waals surface area contributed by atoms with E-state index in [-0.39, 0.29) is 17.6 Å². The van der Waals surface area contributed by atoms with Gasteiger partial charge in [0.15, 0.2) is 5.16 Å². The predicted molar refractivity (Wildman–Crippen MR) is 130 cm³/mol. The lowest BCUT2D eigenvalue weighted by Gasteiger charge is -2.19. The van der Waals surface area contributed by atoms with E-state index in [9.17, 15) is 9.59 Å². The van der Waals surface area contributed by atoms with Gasteiger partial charge in [0, 0.05) is 12.3 Å². The zero-order chi connectivity index (χ0) is 22.8. The van der Waals surface area contributed by atoms with Crippen LogP contribution >= 0.6 is 11.8 Å². The van der Waals surface area contributed by atoms with Gasteiger partial charge in [0.25, 0.3) is 5.56 Å². The van der Waals surface area contributed by atoms with Crippen molar-refractivity contribution >= 4 is 34.3 Å². The Labute approximate surface area is 192 Å². The Morgan fingerprint density at radius 2 is 1.97 bits per heavy atom. The third-order valence-corrected chi connectivity index (χ3v) is 6.90. The molecule has 6 nitrogen and oxygen atoms in total. The maximum atomic E-state index is 13.3. The van der Waals surface area contributed by atoms with Crippen LogP contribution in [0.5, 0.6) is 0 Å². The SMILES string of the molecule is Cc1cc(C)c(NC(=O)C(C)Sc2nc3ccccc3c(=O)n2CC2CCCO2)c(C)c1. The first-order valence-corrected chi connectivity index (χ1v) is 11.9. The van der Waals surface area contributed by atoms with E-state index in [0.29, 0.717) is 22.6 Å². The second-order valence-corrected chi connectivity index (χ2v) is 9.79. The molecule has 32 heavy (non-hydrogen) atoms. The molecule has 1 aromatic heterocycles. The minimum atomic E-state index is -0.432. The molecule has 1 aliphatic heterocycles. The molecule has 2 atom stereocenters. The number of para-hydroxylation sites is 1. The number of hydrogen-bond acceptors (Lipinski definition) is 5. The monoisotopic (exact) mass is 451 g/mol. The van der Waals surface area contributed by atoms with Gasteiger partial charge in [-0.3, -0.25) is 14.2 Å². The molecule has 1 aliphatic rings. The fourth-order valence-electron chi connectivity index (χ4n) is 4.20. The smallest absolute Gasteiger partial charge is 0.262 e. The second-order valence-electron chi connectivity index (χ2n) is 8.49. The zero-order valence-corrected chi connectivity index (χ0v) is 19.8. The molecule has 1 N–H and O–H groups in total. The summed E-state index contributed by atoms with van der Waals surface area (Å²) in [5.74, 6) is -0.115. The fourth-order valence-corrected chi connectivity index (χ4v) is 5.12. The van der Waals surface area contributed by atoms with E-state index in [2.05, 4.69) is 17.4 Å². The van der Waals surface area contributed by atoms with Gasteiger partial charge in [-0.15, -0.1) is 0 Å². The number of carbonyl (C=O) groups is 1. The number of nitrogens with zero attached hydrogens (tertiary/aromatic N) is 2. The Balaban J connectivity index is 1.62. The lowest BCUT2D eigenvalue weighted by molar-refractivity contribution is -0.115. The maximum Gasteiger partial charge on any atom is 0.262 e. The minimum absolute atomic E-state index is 0.00278. The Kier molecular flexibility index (Phi) is 6.67. The van der Waals surface area contributed by atoms with Crippen molar-refractivity contribution in [1.29, 1.82) is 0 Å². The van der Waals surface area contributed by atoms with Crippen LogP contribution in [0.15, 0.2) is 46.3 Å². The number of fused-ring (bicyclic) bond motifs is 1. The molecule has 4 rings (SSSR count). The van der Waals surface area contributed by atoms with E-state index >= 15 is 0 Å². The number of benzene rings is 2. The van der Waals surface area contributed by atoms with Gasteiger partial charge in [-0.2, -0.15) is 0 Å². The molecular formula is C25H29N3O3S. The van der Waals surface area contributed by atoms with E-state index in [1.807, 2.05) is 45.9 Å². The predicted octanol–water partition coefficient (Wildman–Crippen LogP) is 4.62. The Hall–Kier alpha value is -2.64. The molecule has 1 amide bonds. The zero-order valence-electron chi connectivity index (χ0n) is 19.0. The van der Waals surface area contributed by atoms with Gasteiger partial charge in [-0.25, -0.2) is 4.98 Å². The van der Waals surface area contributed by atoms with Crippen LogP contribution in [-0.4, -0.2) is 33.4 Å². The number of ether oxygens (including phenoxy) is 1. The maximum absolute atomic E-state index is 13.3. The van der Waals surface area contributed by atoms with Crippen molar-refractivity contribution in [3.05, 3.63) is 63.4 Å². The first-order valence-electron chi connectivity index (χ1n) is 11.0. The van der Waals surface area contributed by atoms with Gasteiger partial charge in [-0.05, 0) is 63.8 Å². The van der Waals surface area contributed by atoms with Crippen molar-refractivity contribution in [2.24, 2.45) is 0 Å². The molecule has 3 aromatic rings. The van der Waals surface area contributed by atoms with Crippen molar-refractivity contribution in [2.75, 3.05) is 11.9 Å². The number of nitrogens with one attached hydrogen (secondary N) is 1. The average Bonchev–Trinajstić information content (AvgIpc) is 3.26. The van der Waals surface area contributed by atoms with Crippen LogP contribution in [0, 0.1) is 20.8 Å². The van der Waals surface area contributed by atoms with E-state index < -0.39 is 5.25 Å². The van der Waals surface area contributed by atoms with Crippen LogP contribution in [0.1, 0.15) is 36.5 Å². The van der Waals surface area contributed by atoms with Gasteiger partial charge in [0.05, 0.1) is 28.8 Å². The molecule has 7 heteroatoms. The number of carbonyl (C=O) groups excluding carboxylic acids is 1. The van der Waals surface area contributed by atoms with Gasteiger partial charge in [0.2, 0.25) is 5.91 Å². The molecule has 0 aliphatic carbocycles. The molecule has 0 spiro atoms. The summed E-state index contributed by atoms with van der Waals surface area (Å²) in [5.41, 5.74) is 4.63. The number of amides is 1. The van der Waals surface area contributed by atoms with Crippen LogP contribution in [-0.2, 0) is 16.1 Å². The Morgan fingerprint density at radius 3 is 2.66 bits per heavy atom. The lowest BCUT2D eigenvalue weighted by atomic mass is 10.1. The summed E-state index contributed by atoms with van der Waals surface area (Å²) < 4.78 is 7.45. The summed E-state index contributed by atoms with van der Waals surface area (Å²) in [6.07, 6.45) is 1.92. The summed E-state index contributed by atoms with van der Waals surface area (Å²) in [6.45, 7) is 9.05. The van der Waals surface area contributed by atoms with Crippen LogP contribution in [0.3, 0.4) is 0 Å². The minimum Gasteiger partial charge on any atom is -0.376 e. The quantitative estimate of drug-likeness (QED) is 0.437.